The van der Waals surface area contributed by atoms with Crippen molar-refractivity contribution in [2.75, 3.05) is 38.2 Å². The van der Waals surface area contributed by atoms with Crippen molar-refractivity contribution >= 4 is 11.9 Å². The molecule has 1 saturated heterocycles. The quantitative estimate of drug-likeness (QED) is 0.848. The summed E-state index contributed by atoms with van der Waals surface area (Å²) in [5, 5.41) is 0. The van der Waals surface area contributed by atoms with Gasteiger partial charge in [-0.2, -0.15) is 4.98 Å². The molecule has 2 heterocycles. The molecule has 0 bridgehead atoms. The zero-order valence-electron chi connectivity index (χ0n) is 14.2. The number of amides is 1. The molecule has 1 aromatic heterocycles. The smallest absolute Gasteiger partial charge is 0.228 e. The van der Waals surface area contributed by atoms with Crippen molar-refractivity contribution in [1.29, 1.82) is 0 Å². The lowest BCUT2D eigenvalue weighted by molar-refractivity contribution is -0.130. The molecule has 1 aliphatic heterocycles. The van der Waals surface area contributed by atoms with Gasteiger partial charge in [0.25, 0.3) is 0 Å². The Balaban J connectivity index is 1.61. The van der Waals surface area contributed by atoms with Gasteiger partial charge < -0.3 is 14.5 Å². The molecule has 0 spiro atoms. The Morgan fingerprint density at radius 2 is 2.12 bits per heavy atom. The molecular weight excluding hydrogens is 323 g/mol. The van der Waals surface area contributed by atoms with Crippen LogP contribution in [0.2, 0.25) is 0 Å². The van der Waals surface area contributed by atoms with Crippen molar-refractivity contribution in [2.45, 2.75) is 12.8 Å². The fraction of sp³-hybridized carbons (Fsp3) is 0.389. The summed E-state index contributed by atoms with van der Waals surface area (Å²) in [7, 11) is 1.57. The standard InChI is InChI=1S/C18H21FN4O2/c1-25-16-6-7-20-18(21-16)23-9-3-8-22(10-11-23)17(24)13-14-4-2-5-15(19)12-14/h2,4-7,12H,3,8-11,13H2,1H3. The molecule has 1 aromatic carbocycles. The van der Waals surface area contributed by atoms with E-state index in [1.54, 1.807) is 31.5 Å². The van der Waals surface area contributed by atoms with Crippen LogP contribution in [-0.2, 0) is 11.2 Å². The first-order chi connectivity index (χ1) is 12.2. The van der Waals surface area contributed by atoms with Crippen LogP contribution >= 0.6 is 0 Å². The van der Waals surface area contributed by atoms with Crippen LogP contribution in [-0.4, -0.2) is 54.1 Å². The van der Waals surface area contributed by atoms with Crippen molar-refractivity contribution in [2.24, 2.45) is 0 Å². The van der Waals surface area contributed by atoms with Crippen molar-refractivity contribution in [1.82, 2.24) is 14.9 Å². The molecule has 0 N–H and O–H groups in total. The second-order valence-electron chi connectivity index (χ2n) is 5.93. The van der Waals surface area contributed by atoms with Gasteiger partial charge in [-0.15, -0.1) is 0 Å². The summed E-state index contributed by atoms with van der Waals surface area (Å²) in [6, 6.07) is 7.89. The number of carbonyl (C=O) groups is 1. The summed E-state index contributed by atoms with van der Waals surface area (Å²) < 4.78 is 18.4. The number of hydrogen-bond acceptors (Lipinski definition) is 5. The number of hydrogen-bond donors (Lipinski definition) is 0. The molecule has 6 nitrogen and oxygen atoms in total. The number of halogens is 1. The van der Waals surface area contributed by atoms with E-state index in [0.29, 0.717) is 37.0 Å². The van der Waals surface area contributed by atoms with Crippen LogP contribution in [0.5, 0.6) is 5.88 Å². The van der Waals surface area contributed by atoms with Gasteiger partial charge in [0.05, 0.1) is 13.5 Å². The normalized spacial score (nSPS) is 15.0. The number of methoxy groups -OCH3 is 1. The number of rotatable bonds is 4. The highest BCUT2D eigenvalue weighted by molar-refractivity contribution is 5.78. The van der Waals surface area contributed by atoms with Gasteiger partial charge >= 0.3 is 0 Å². The minimum Gasteiger partial charge on any atom is -0.481 e. The van der Waals surface area contributed by atoms with Crippen LogP contribution in [0.3, 0.4) is 0 Å². The van der Waals surface area contributed by atoms with E-state index in [-0.39, 0.29) is 18.1 Å². The van der Waals surface area contributed by atoms with Gasteiger partial charge in [-0.1, -0.05) is 12.1 Å². The summed E-state index contributed by atoms with van der Waals surface area (Å²) in [6.07, 6.45) is 2.71. The van der Waals surface area contributed by atoms with Crippen LogP contribution in [0.25, 0.3) is 0 Å². The number of ether oxygens (including phenoxy) is 1. The molecule has 0 atom stereocenters. The van der Waals surface area contributed by atoms with Gasteiger partial charge in [0.15, 0.2) is 0 Å². The first-order valence-corrected chi connectivity index (χ1v) is 8.30. The van der Waals surface area contributed by atoms with Crippen LogP contribution < -0.4 is 9.64 Å². The topological polar surface area (TPSA) is 58.6 Å². The lowest BCUT2D eigenvalue weighted by atomic mass is 10.1. The van der Waals surface area contributed by atoms with E-state index in [2.05, 4.69) is 14.9 Å². The van der Waals surface area contributed by atoms with Crippen LogP contribution in [0.1, 0.15) is 12.0 Å². The highest BCUT2D eigenvalue weighted by Crippen LogP contribution is 2.15. The van der Waals surface area contributed by atoms with Crippen LogP contribution in [0.15, 0.2) is 36.5 Å². The molecule has 0 saturated carbocycles. The maximum atomic E-state index is 13.3. The Labute approximate surface area is 146 Å². The third-order valence-electron chi connectivity index (χ3n) is 4.20. The highest BCUT2D eigenvalue weighted by atomic mass is 19.1. The summed E-state index contributed by atoms with van der Waals surface area (Å²) in [5.41, 5.74) is 0.697. The van der Waals surface area contributed by atoms with E-state index in [1.165, 1.54) is 12.1 Å². The van der Waals surface area contributed by atoms with E-state index < -0.39 is 0 Å². The maximum Gasteiger partial charge on any atom is 0.228 e. The Hall–Kier alpha value is -2.70. The SMILES string of the molecule is COc1ccnc(N2CCCN(C(=O)Cc3cccc(F)c3)CC2)n1. The monoisotopic (exact) mass is 344 g/mol. The molecule has 0 unspecified atom stereocenters. The van der Waals surface area contributed by atoms with Crippen molar-refractivity contribution in [3.05, 3.63) is 47.9 Å². The highest BCUT2D eigenvalue weighted by Gasteiger charge is 2.21. The van der Waals surface area contributed by atoms with Crippen LogP contribution in [0, 0.1) is 5.82 Å². The molecule has 3 rings (SSSR count). The van der Waals surface area contributed by atoms with Crippen molar-refractivity contribution in [3.63, 3.8) is 0 Å². The summed E-state index contributed by atoms with van der Waals surface area (Å²) in [5.74, 6) is 0.827. The fourth-order valence-electron chi connectivity index (χ4n) is 2.90. The van der Waals surface area contributed by atoms with E-state index >= 15 is 0 Å². The van der Waals surface area contributed by atoms with Crippen LogP contribution in [0.4, 0.5) is 10.3 Å². The van der Waals surface area contributed by atoms with Gasteiger partial charge in [-0.3, -0.25) is 4.79 Å². The molecule has 1 fully saturated rings. The second kappa shape index (κ2) is 7.92. The number of anilines is 1. The lowest BCUT2D eigenvalue weighted by Crippen LogP contribution is -2.36. The zero-order valence-corrected chi connectivity index (χ0v) is 14.2. The average molecular weight is 344 g/mol. The fourth-order valence-corrected chi connectivity index (χ4v) is 2.90. The predicted molar refractivity (Wildman–Crippen MR) is 92.1 cm³/mol. The molecule has 1 aliphatic rings. The number of nitrogens with zero attached hydrogens (tertiary/aromatic N) is 4. The predicted octanol–water partition coefficient (Wildman–Crippen LogP) is 1.91. The molecule has 1 amide bonds. The Bertz CT molecular complexity index is 741. The Morgan fingerprint density at radius 1 is 1.24 bits per heavy atom. The Kier molecular flexibility index (Phi) is 5.42. The maximum absolute atomic E-state index is 13.3. The number of aromatic nitrogens is 2. The molecule has 2 aromatic rings. The van der Waals surface area contributed by atoms with Crippen molar-refractivity contribution < 1.29 is 13.9 Å². The zero-order chi connectivity index (χ0) is 17.6. The number of benzene rings is 1. The summed E-state index contributed by atoms with van der Waals surface area (Å²) in [6.45, 7) is 2.70. The minimum atomic E-state index is -0.317. The average Bonchev–Trinajstić information content (AvgIpc) is 2.88. The van der Waals surface area contributed by atoms with E-state index in [1.807, 2.05) is 4.90 Å². The third-order valence-corrected chi connectivity index (χ3v) is 4.20. The molecule has 0 radical (unpaired) electrons. The first-order valence-electron chi connectivity index (χ1n) is 8.30. The van der Waals surface area contributed by atoms with Crippen molar-refractivity contribution in [3.8, 4) is 5.88 Å². The lowest BCUT2D eigenvalue weighted by Gasteiger charge is -2.22. The van der Waals surface area contributed by atoms with Gasteiger partial charge in [-0.25, -0.2) is 9.37 Å². The van der Waals surface area contributed by atoms with Gasteiger partial charge in [-0.05, 0) is 24.1 Å². The van der Waals surface area contributed by atoms with E-state index in [9.17, 15) is 9.18 Å². The molecule has 25 heavy (non-hydrogen) atoms. The summed E-state index contributed by atoms with van der Waals surface area (Å²) in [4.78, 5) is 25.0. The molecular formula is C18H21FN4O2. The molecule has 7 heteroatoms. The van der Waals surface area contributed by atoms with Gasteiger partial charge in [0.2, 0.25) is 17.7 Å². The van der Waals surface area contributed by atoms with Gasteiger partial charge in [0.1, 0.15) is 5.82 Å². The number of carbonyl (C=O) groups excluding carboxylic acids is 1. The van der Waals surface area contributed by atoms with E-state index in [0.717, 1.165) is 13.0 Å². The summed E-state index contributed by atoms with van der Waals surface area (Å²) >= 11 is 0. The molecule has 0 aliphatic carbocycles. The van der Waals surface area contributed by atoms with E-state index in [4.69, 9.17) is 4.74 Å². The Morgan fingerprint density at radius 3 is 2.92 bits per heavy atom. The molecule has 132 valence electrons. The second-order valence-corrected chi connectivity index (χ2v) is 5.93. The first kappa shape index (κ1) is 17.1. The largest absolute Gasteiger partial charge is 0.481 e. The third kappa shape index (κ3) is 4.43. The van der Waals surface area contributed by atoms with Gasteiger partial charge in [0, 0.05) is 38.4 Å². The minimum absolute atomic E-state index is 0.0130.